The second-order valence-corrected chi connectivity index (χ2v) is 6.35. The molecule has 0 atom stereocenters. The van der Waals surface area contributed by atoms with E-state index in [-0.39, 0.29) is 15.0 Å². The van der Waals surface area contributed by atoms with E-state index in [2.05, 4.69) is 0 Å². The standard InChI is InChI=1S/C7H5ClINO5S/c1-15-6-2-4(9)5(10(11)12)3-7(6)16(8,13)14/h2-3H,1H3. The van der Waals surface area contributed by atoms with Gasteiger partial charge in [-0.2, -0.15) is 0 Å². The molecule has 0 amide bonds. The minimum Gasteiger partial charge on any atom is -0.495 e. The van der Waals surface area contributed by atoms with Crippen molar-refractivity contribution in [2.75, 3.05) is 7.11 Å². The zero-order chi connectivity index (χ0) is 12.5. The first-order chi connectivity index (χ1) is 7.27. The molecule has 0 aliphatic rings. The van der Waals surface area contributed by atoms with Crippen molar-refractivity contribution < 1.29 is 18.1 Å². The highest BCUT2D eigenvalue weighted by molar-refractivity contribution is 14.1. The Balaban J connectivity index is 3.60. The molecule has 0 aromatic heterocycles. The van der Waals surface area contributed by atoms with Gasteiger partial charge in [0.25, 0.3) is 14.7 Å². The third-order valence-electron chi connectivity index (χ3n) is 1.69. The summed E-state index contributed by atoms with van der Waals surface area (Å²) in [5.41, 5.74) is -0.333. The Morgan fingerprint density at radius 1 is 1.50 bits per heavy atom. The summed E-state index contributed by atoms with van der Waals surface area (Å²) in [5, 5.41) is 10.6. The van der Waals surface area contributed by atoms with Crippen LogP contribution in [-0.4, -0.2) is 20.5 Å². The van der Waals surface area contributed by atoms with Crippen LogP contribution in [0.25, 0.3) is 0 Å². The van der Waals surface area contributed by atoms with Crippen molar-refractivity contribution in [1.29, 1.82) is 0 Å². The maximum absolute atomic E-state index is 11.2. The van der Waals surface area contributed by atoms with E-state index in [0.29, 0.717) is 0 Å². The van der Waals surface area contributed by atoms with Crippen molar-refractivity contribution >= 4 is 48.0 Å². The number of nitrogens with zero attached hydrogens (tertiary/aromatic N) is 1. The van der Waals surface area contributed by atoms with Crippen molar-refractivity contribution in [3.05, 3.63) is 25.8 Å². The maximum Gasteiger partial charge on any atom is 0.284 e. The molecule has 0 heterocycles. The van der Waals surface area contributed by atoms with E-state index in [9.17, 15) is 18.5 Å². The van der Waals surface area contributed by atoms with Crippen LogP contribution < -0.4 is 4.74 Å². The molecule has 0 N–H and O–H groups in total. The minimum atomic E-state index is -4.08. The summed E-state index contributed by atoms with van der Waals surface area (Å²) in [5.74, 6) is -0.0231. The van der Waals surface area contributed by atoms with Gasteiger partial charge in [-0.25, -0.2) is 8.42 Å². The molecule has 0 bridgehead atoms. The van der Waals surface area contributed by atoms with E-state index in [0.717, 1.165) is 6.07 Å². The van der Waals surface area contributed by atoms with Crippen molar-refractivity contribution in [1.82, 2.24) is 0 Å². The Labute approximate surface area is 109 Å². The number of methoxy groups -OCH3 is 1. The molecule has 6 nitrogen and oxygen atoms in total. The zero-order valence-electron chi connectivity index (χ0n) is 7.81. The summed E-state index contributed by atoms with van der Waals surface area (Å²) in [4.78, 5) is 9.52. The first kappa shape index (κ1) is 13.5. The fraction of sp³-hybridized carbons (Fsp3) is 0.143. The number of nitro groups is 1. The summed E-state index contributed by atoms with van der Waals surface area (Å²) >= 11 is 1.71. The number of halogens is 2. The van der Waals surface area contributed by atoms with E-state index in [1.165, 1.54) is 13.2 Å². The Hall–Kier alpha value is -0.610. The van der Waals surface area contributed by atoms with Crippen molar-refractivity contribution in [3.8, 4) is 5.75 Å². The predicted octanol–water partition coefficient (Wildman–Crippen LogP) is 2.14. The molecule has 0 saturated heterocycles. The highest BCUT2D eigenvalue weighted by Gasteiger charge is 2.23. The molecule has 0 aliphatic heterocycles. The Bertz CT molecular complexity index is 544. The molecule has 16 heavy (non-hydrogen) atoms. The second kappa shape index (κ2) is 4.72. The lowest BCUT2D eigenvalue weighted by molar-refractivity contribution is -0.386. The summed E-state index contributed by atoms with van der Waals surface area (Å²) < 4.78 is 27.4. The quantitative estimate of drug-likeness (QED) is 0.349. The highest BCUT2D eigenvalue weighted by Crippen LogP contribution is 2.34. The largest absolute Gasteiger partial charge is 0.495 e. The van der Waals surface area contributed by atoms with Crippen LogP contribution >= 0.6 is 33.3 Å². The average Bonchev–Trinajstić information content (AvgIpc) is 2.14. The maximum atomic E-state index is 11.2. The number of ether oxygens (including phenoxy) is 1. The monoisotopic (exact) mass is 377 g/mol. The van der Waals surface area contributed by atoms with Gasteiger partial charge < -0.3 is 4.74 Å². The molecule has 0 spiro atoms. The van der Waals surface area contributed by atoms with Crippen LogP contribution in [0.15, 0.2) is 17.0 Å². The third kappa shape index (κ3) is 2.74. The van der Waals surface area contributed by atoms with Gasteiger partial charge in [0.05, 0.1) is 15.6 Å². The fourth-order valence-corrected chi connectivity index (χ4v) is 2.65. The van der Waals surface area contributed by atoms with Gasteiger partial charge in [0.2, 0.25) is 0 Å². The minimum absolute atomic E-state index is 0.0231. The number of rotatable bonds is 3. The smallest absolute Gasteiger partial charge is 0.284 e. The first-order valence-electron chi connectivity index (χ1n) is 3.74. The SMILES string of the molecule is COc1cc(I)c([N+](=O)[O-])cc1S(=O)(=O)Cl. The van der Waals surface area contributed by atoms with Gasteiger partial charge in [-0.05, 0) is 22.6 Å². The number of nitro benzene ring substituents is 1. The van der Waals surface area contributed by atoms with Gasteiger partial charge in [0.1, 0.15) is 10.6 Å². The molecule has 0 fully saturated rings. The Kier molecular flexibility index (Phi) is 3.97. The van der Waals surface area contributed by atoms with Crippen LogP contribution in [0.5, 0.6) is 5.75 Å². The summed E-state index contributed by atoms with van der Waals surface area (Å²) in [6, 6.07) is 2.12. The van der Waals surface area contributed by atoms with Gasteiger partial charge in [0.15, 0.2) is 0 Å². The fourth-order valence-electron chi connectivity index (χ4n) is 1.01. The van der Waals surface area contributed by atoms with Crippen LogP contribution in [0.4, 0.5) is 5.69 Å². The van der Waals surface area contributed by atoms with Crippen molar-refractivity contribution in [2.45, 2.75) is 4.90 Å². The Morgan fingerprint density at radius 3 is 2.44 bits per heavy atom. The Morgan fingerprint density at radius 2 is 2.06 bits per heavy atom. The predicted molar refractivity (Wildman–Crippen MR) is 65.4 cm³/mol. The summed E-state index contributed by atoms with van der Waals surface area (Å²) in [6.45, 7) is 0. The molecule has 1 rings (SSSR count). The molecular weight excluding hydrogens is 373 g/mol. The van der Waals surface area contributed by atoms with Gasteiger partial charge in [-0.15, -0.1) is 0 Å². The van der Waals surface area contributed by atoms with E-state index < -0.39 is 18.9 Å². The van der Waals surface area contributed by atoms with Crippen LogP contribution in [0.3, 0.4) is 0 Å². The summed E-state index contributed by atoms with van der Waals surface area (Å²) in [7, 11) is 2.31. The van der Waals surface area contributed by atoms with Crippen LogP contribution in [0.2, 0.25) is 0 Å². The molecule has 0 saturated carbocycles. The van der Waals surface area contributed by atoms with Crippen molar-refractivity contribution in [2.24, 2.45) is 0 Å². The lowest BCUT2D eigenvalue weighted by Gasteiger charge is -2.06. The van der Waals surface area contributed by atoms with E-state index in [1.54, 1.807) is 22.6 Å². The first-order valence-corrected chi connectivity index (χ1v) is 7.12. The number of hydrogen-bond donors (Lipinski definition) is 0. The lowest BCUT2D eigenvalue weighted by Crippen LogP contribution is -2.00. The van der Waals surface area contributed by atoms with Crippen LogP contribution in [-0.2, 0) is 9.05 Å². The summed E-state index contributed by atoms with van der Waals surface area (Å²) in [6.07, 6.45) is 0. The van der Waals surface area contributed by atoms with Crippen LogP contribution in [0, 0.1) is 13.7 Å². The molecule has 1 aromatic carbocycles. The van der Waals surface area contributed by atoms with Gasteiger partial charge >= 0.3 is 0 Å². The number of benzene rings is 1. The molecule has 88 valence electrons. The van der Waals surface area contributed by atoms with Crippen molar-refractivity contribution in [3.63, 3.8) is 0 Å². The molecule has 0 radical (unpaired) electrons. The lowest BCUT2D eigenvalue weighted by atomic mass is 10.3. The molecule has 0 aliphatic carbocycles. The average molecular weight is 378 g/mol. The van der Waals surface area contributed by atoms with Gasteiger partial charge in [0, 0.05) is 22.8 Å². The van der Waals surface area contributed by atoms with E-state index in [1.807, 2.05) is 0 Å². The van der Waals surface area contributed by atoms with Gasteiger partial charge in [-0.3, -0.25) is 10.1 Å². The number of hydrogen-bond acceptors (Lipinski definition) is 5. The third-order valence-corrected chi connectivity index (χ3v) is 3.90. The van der Waals surface area contributed by atoms with Crippen LogP contribution in [0.1, 0.15) is 0 Å². The highest BCUT2D eigenvalue weighted by atomic mass is 127. The second-order valence-electron chi connectivity index (χ2n) is 2.65. The van der Waals surface area contributed by atoms with E-state index >= 15 is 0 Å². The molecule has 9 heteroatoms. The molecule has 1 aromatic rings. The normalized spacial score (nSPS) is 11.2. The molecular formula is C7H5ClINO5S. The topological polar surface area (TPSA) is 86.5 Å². The van der Waals surface area contributed by atoms with E-state index in [4.69, 9.17) is 15.4 Å². The van der Waals surface area contributed by atoms with Gasteiger partial charge in [-0.1, -0.05) is 0 Å². The molecule has 0 unspecified atom stereocenters. The zero-order valence-corrected chi connectivity index (χ0v) is 11.5.